The number of thiophene rings is 2. The van der Waals surface area contributed by atoms with Crippen molar-refractivity contribution >= 4 is 39.7 Å². The lowest BCUT2D eigenvalue weighted by atomic mass is 9.98. The number of nitrogens with one attached hydrogen (secondary N) is 2. The number of nitrogens with zero attached hydrogens (tertiary/aromatic N) is 1. The Hall–Kier alpha value is -2.30. The van der Waals surface area contributed by atoms with E-state index in [1.165, 1.54) is 18.3 Å². The number of aryl methyl sites for hydroxylation is 1. The number of rotatable bonds is 6. The van der Waals surface area contributed by atoms with Crippen molar-refractivity contribution in [2.45, 2.75) is 78.0 Å². The van der Waals surface area contributed by atoms with Crippen LogP contribution in [0.4, 0.5) is 18.6 Å². The molecule has 0 radical (unpaired) electrons. The number of halogens is 2. The van der Waals surface area contributed by atoms with E-state index in [4.69, 9.17) is 4.74 Å². The summed E-state index contributed by atoms with van der Waals surface area (Å²) in [6.07, 6.45) is 3.22. The highest BCUT2D eigenvalue weighted by molar-refractivity contribution is 7.17. The van der Waals surface area contributed by atoms with Crippen molar-refractivity contribution in [2.75, 3.05) is 18.9 Å². The van der Waals surface area contributed by atoms with Crippen molar-refractivity contribution in [3.05, 3.63) is 49.0 Å². The summed E-state index contributed by atoms with van der Waals surface area (Å²) >= 11 is 2.48. The first-order valence-corrected chi connectivity index (χ1v) is 13.7. The zero-order valence-corrected chi connectivity index (χ0v) is 23.0. The molecule has 36 heavy (non-hydrogen) atoms. The second-order valence-corrected chi connectivity index (χ2v) is 12.7. The van der Waals surface area contributed by atoms with Gasteiger partial charge in [0.2, 0.25) is 0 Å². The van der Waals surface area contributed by atoms with Crippen LogP contribution in [-0.4, -0.2) is 36.1 Å². The Balaban J connectivity index is 1.56. The smallest absolute Gasteiger partial charge is 0.341 e. The number of esters is 1. The topological polar surface area (TPSA) is 70.7 Å². The number of likely N-dealkylation sites (N-methyl/N-ethyl adjacent to an activating group) is 1. The minimum atomic E-state index is -3.17. The molecular formula is C26H33F2N3O3S2. The Morgan fingerprint density at radius 2 is 1.83 bits per heavy atom. The van der Waals surface area contributed by atoms with Crippen LogP contribution in [-0.2, 0) is 43.0 Å². The summed E-state index contributed by atoms with van der Waals surface area (Å²) in [7, 11) is 1.96. The molecule has 0 aromatic carbocycles. The number of allylic oxidation sites excluding steroid dienone is 1. The third-order valence-electron chi connectivity index (χ3n) is 6.36. The highest BCUT2D eigenvalue weighted by Gasteiger charge is 2.39. The first kappa shape index (κ1) is 26.8. The monoisotopic (exact) mass is 537 g/mol. The number of fused-ring (bicyclic) bond motifs is 2. The van der Waals surface area contributed by atoms with Crippen molar-refractivity contribution in [3.63, 3.8) is 0 Å². The number of hydrogen-bond donors (Lipinski definition) is 2. The first-order valence-electron chi connectivity index (χ1n) is 12.1. The number of urea groups is 1. The molecule has 1 aliphatic heterocycles. The molecule has 2 amide bonds. The van der Waals surface area contributed by atoms with E-state index in [-0.39, 0.29) is 17.0 Å². The molecule has 4 rings (SSSR count). The molecule has 3 heterocycles. The summed E-state index contributed by atoms with van der Waals surface area (Å²) in [5.74, 6) is -3.64. The molecule has 0 unspecified atom stereocenters. The summed E-state index contributed by atoms with van der Waals surface area (Å²) in [6.45, 7) is 11.6. The summed E-state index contributed by atoms with van der Waals surface area (Å²) in [4.78, 5) is 29.9. The Bertz CT molecular complexity index is 1210. The maximum absolute atomic E-state index is 15.1. The Morgan fingerprint density at radius 1 is 1.11 bits per heavy atom. The summed E-state index contributed by atoms with van der Waals surface area (Å²) in [5, 5.41) is 5.99. The van der Waals surface area contributed by atoms with E-state index >= 15 is 8.78 Å². The van der Waals surface area contributed by atoms with Crippen molar-refractivity contribution in [2.24, 2.45) is 0 Å². The van der Waals surface area contributed by atoms with E-state index in [1.807, 2.05) is 7.05 Å². The summed E-state index contributed by atoms with van der Waals surface area (Å²) < 4.78 is 35.8. The van der Waals surface area contributed by atoms with Gasteiger partial charge in [-0.1, -0.05) is 6.58 Å². The van der Waals surface area contributed by atoms with E-state index in [2.05, 4.69) is 22.1 Å². The highest BCUT2D eigenvalue weighted by atomic mass is 32.1. The molecule has 0 fully saturated rings. The van der Waals surface area contributed by atoms with Crippen LogP contribution in [0.5, 0.6) is 0 Å². The summed E-state index contributed by atoms with van der Waals surface area (Å²) in [5.41, 5.74) is 1.80. The van der Waals surface area contributed by atoms with Crippen LogP contribution in [0.3, 0.4) is 0 Å². The first-order chi connectivity index (χ1) is 16.8. The fourth-order valence-corrected chi connectivity index (χ4v) is 7.36. The minimum absolute atomic E-state index is 0.0353. The molecule has 2 aromatic rings. The molecule has 0 atom stereocenters. The third kappa shape index (κ3) is 5.35. The average Bonchev–Trinajstić information content (AvgIpc) is 3.43. The number of alkyl halides is 2. The summed E-state index contributed by atoms with van der Waals surface area (Å²) in [6, 6.07) is -0.544. The zero-order valence-electron chi connectivity index (χ0n) is 21.4. The van der Waals surface area contributed by atoms with Crippen LogP contribution in [0.2, 0.25) is 0 Å². The van der Waals surface area contributed by atoms with E-state index in [0.29, 0.717) is 29.1 Å². The second kappa shape index (κ2) is 9.87. The van der Waals surface area contributed by atoms with Crippen LogP contribution < -0.4 is 10.6 Å². The maximum atomic E-state index is 15.1. The van der Waals surface area contributed by atoms with E-state index in [1.54, 1.807) is 20.8 Å². The van der Waals surface area contributed by atoms with Gasteiger partial charge in [-0.05, 0) is 82.7 Å². The van der Waals surface area contributed by atoms with Gasteiger partial charge in [0.25, 0.3) is 0 Å². The zero-order chi connectivity index (χ0) is 26.4. The largest absolute Gasteiger partial charge is 0.456 e. The van der Waals surface area contributed by atoms with Gasteiger partial charge in [-0.15, -0.1) is 22.7 Å². The van der Waals surface area contributed by atoms with Gasteiger partial charge in [0.15, 0.2) is 0 Å². The fraction of sp³-hybridized carbons (Fsp3) is 0.538. The van der Waals surface area contributed by atoms with Gasteiger partial charge in [-0.3, -0.25) is 5.32 Å². The van der Waals surface area contributed by atoms with Gasteiger partial charge in [0, 0.05) is 29.4 Å². The van der Waals surface area contributed by atoms with Gasteiger partial charge < -0.3 is 15.0 Å². The molecule has 6 nitrogen and oxygen atoms in total. The van der Waals surface area contributed by atoms with Crippen molar-refractivity contribution < 1.29 is 23.1 Å². The number of hydrogen-bond acceptors (Lipinski definition) is 6. The Labute approximate surface area is 218 Å². The number of carbonyl (C=O) groups is 2. The average molecular weight is 538 g/mol. The lowest BCUT2D eigenvalue weighted by Gasteiger charge is -2.23. The molecule has 1 aliphatic carbocycles. The molecule has 0 saturated heterocycles. The number of anilines is 1. The van der Waals surface area contributed by atoms with Crippen LogP contribution in [0.15, 0.2) is 12.2 Å². The Morgan fingerprint density at radius 3 is 2.50 bits per heavy atom. The van der Waals surface area contributed by atoms with Gasteiger partial charge in [0.05, 0.1) is 10.4 Å². The van der Waals surface area contributed by atoms with E-state index < -0.39 is 23.5 Å². The lowest BCUT2D eigenvalue weighted by Crippen LogP contribution is -2.31. The predicted octanol–water partition coefficient (Wildman–Crippen LogP) is 6.23. The van der Waals surface area contributed by atoms with Gasteiger partial charge in [-0.25, -0.2) is 9.59 Å². The molecule has 0 saturated carbocycles. The molecule has 196 valence electrons. The van der Waals surface area contributed by atoms with Gasteiger partial charge in [0.1, 0.15) is 10.6 Å². The second-order valence-electron chi connectivity index (χ2n) is 10.5. The number of carbonyl (C=O) groups excluding carboxylic acids is 2. The fourth-order valence-electron chi connectivity index (χ4n) is 4.58. The number of amides is 2. The number of ether oxygens (including phenoxy) is 1. The minimum Gasteiger partial charge on any atom is -0.456 e. The molecule has 2 aliphatic rings. The molecule has 2 N–H and O–H groups in total. The van der Waals surface area contributed by atoms with E-state index in [0.717, 1.165) is 58.0 Å². The van der Waals surface area contributed by atoms with Crippen LogP contribution in [0.1, 0.15) is 75.8 Å². The van der Waals surface area contributed by atoms with E-state index in [9.17, 15) is 9.59 Å². The van der Waals surface area contributed by atoms with Crippen LogP contribution >= 0.6 is 22.7 Å². The van der Waals surface area contributed by atoms with Crippen LogP contribution in [0.25, 0.3) is 0 Å². The van der Waals surface area contributed by atoms with Gasteiger partial charge >= 0.3 is 17.9 Å². The standard InChI is InChI=1S/C26H33F2N3O3S2/c1-14(2)26(27,28)21-17(15-10-11-31(6)13-19(15)35-21)12-29-24(33)30-22-20(23(32)34-25(3,4)5)16-8-7-9-18(16)36-22/h1,7-13H2,2-6H3,(H2,29,30,33). The molecule has 0 spiro atoms. The highest BCUT2D eigenvalue weighted by Crippen LogP contribution is 2.45. The normalized spacial score (nSPS) is 15.9. The maximum Gasteiger partial charge on any atom is 0.341 e. The van der Waals surface area contributed by atoms with Crippen LogP contribution in [0, 0.1) is 0 Å². The molecule has 10 heteroatoms. The predicted molar refractivity (Wildman–Crippen MR) is 140 cm³/mol. The molecule has 2 aromatic heterocycles. The molecule has 0 bridgehead atoms. The Kier molecular flexibility index (Phi) is 7.34. The SMILES string of the molecule is C=C(C)C(F)(F)c1sc2c(c1CNC(=O)Nc1sc3c(c1C(=O)OC(C)(C)C)CCC3)CCN(C)C2. The lowest BCUT2D eigenvalue weighted by molar-refractivity contribution is 0.00700. The van der Waals surface area contributed by atoms with Crippen molar-refractivity contribution in [1.82, 2.24) is 10.2 Å². The molecular weight excluding hydrogens is 504 g/mol. The van der Waals surface area contributed by atoms with Crippen molar-refractivity contribution in [1.29, 1.82) is 0 Å². The van der Waals surface area contributed by atoms with Gasteiger partial charge in [-0.2, -0.15) is 8.78 Å². The quantitative estimate of drug-likeness (QED) is 0.339. The third-order valence-corrected chi connectivity index (χ3v) is 8.89. The van der Waals surface area contributed by atoms with Crippen molar-refractivity contribution in [3.8, 4) is 0 Å².